The van der Waals surface area contributed by atoms with E-state index in [1.807, 2.05) is 6.92 Å². The van der Waals surface area contributed by atoms with Gasteiger partial charge in [-0.2, -0.15) is 0 Å². The van der Waals surface area contributed by atoms with Gasteiger partial charge in [-0.3, -0.25) is 9.59 Å². The number of nitrogens with one attached hydrogen (secondary N) is 1. The second-order valence-electron chi connectivity index (χ2n) is 6.99. The topological polar surface area (TPSA) is 62.3 Å². The zero-order valence-corrected chi connectivity index (χ0v) is 17.0. The van der Waals surface area contributed by atoms with Crippen molar-refractivity contribution in [2.45, 2.75) is 72.6 Å². The molecule has 0 aliphatic carbocycles. The Bertz CT molecular complexity index is 528. The van der Waals surface area contributed by atoms with Crippen LogP contribution >= 0.6 is 11.3 Å². The normalized spacial score (nSPS) is 10.9. The molecule has 0 spiro atoms. The molecule has 0 aliphatic rings. The lowest BCUT2D eigenvalue weighted by molar-refractivity contribution is -0.135. The van der Waals surface area contributed by atoms with Crippen LogP contribution in [0, 0.1) is 12.8 Å². The monoisotopic (exact) mass is 367 g/mol. The highest BCUT2D eigenvalue weighted by atomic mass is 32.1. The fraction of sp³-hybridized carbons (Fsp3) is 0.737. The van der Waals surface area contributed by atoms with Crippen LogP contribution in [0.4, 0.5) is 5.13 Å². The van der Waals surface area contributed by atoms with E-state index in [1.54, 1.807) is 11.1 Å². The molecule has 0 radical (unpaired) electrons. The summed E-state index contributed by atoms with van der Waals surface area (Å²) < 4.78 is 0. The molecule has 0 atom stereocenters. The summed E-state index contributed by atoms with van der Waals surface area (Å²) in [6.45, 7) is 9.14. The van der Waals surface area contributed by atoms with Gasteiger partial charge in [0.1, 0.15) is 0 Å². The summed E-state index contributed by atoms with van der Waals surface area (Å²) in [4.78, 5) is 31.7. The maximum atomic E-state index is 12.5. The van der Waals surface area contributed by atoms with Crippen LogP contribution < -0.4 is 5.32 Å². The van der Waals surface area contributed by atoms with Gasteiger partial charge < -0.3 is 10.2 Å². The van der Waals surface area contributed by atoms with E-state index in [0.717, 1.165) is 24.1 Å². The van der Waals surface area contributed by atoms with Crippen LogP contribution in [0.2, 0.25) is 0 Å². The van der Waals surface area contributed by atoms with Crippen LogP contribution in [-0.4, -0.2) is 34.8 Å². The number of rotatable bonds is 12. The minimum absolute atomic E-state index is 0.0858. The Morgan fingerprint density at radius 2 is 1.96 bits per heavy atom. The first-order chi connectivity index (χ1) is 11.9. The molecule has 25 heavy (non-hydrogen) atoms. The summed E-state index contributed by atoms with van der Waals surface area (Å²) in [5.74, 6) is 0.421. The number of hydrogen-bond donors (Lipinski definition) is 1. The molecule has 1 heterocycles. The first-order valence-electron chi connectivity index (χ1n) is 9.42. The number of aryl methyl sites for hydroxylation is 1. The molecule has 0 unspecified atom stereocenters. The maximum absolute atomic E-state index is 12.5. The number of thiazole rings is 1. The van der Waals surface area contributed by atoms with E-state index < -0.39 is 0 Å². The summed E-state index contributed by atoms with van der Waals surface area (Å²) in [5.41, 5.74) is 0. The third-order valence-electron chi connectivity index (χ3n) is 4.03. The van der Waals surface area contributed by atoms with Gasteiger partial charge in [-0.05, 0) is 25.7 Å². The van der Waals surface area contributed by atoms with Crippen molar-refractivity contribution in [2.75, 3.05) is 18.4 Å². The quantitative estimate of drug-likeness (QED) is 0.548. The average Bonchev–Trinajstić information content (AvgIpc) is 2.95. The molecule has 142 valence electrons. The molecular weight excluding hydrogens is 334 g/mol. The summed E-state index contributed by atoms with van der Waals surface area (Å²) in [6, 6.07) is 0. The summed E-state index contributed by atoms with van der Waals surface area (Å²) in [6.07, 6.45) is 8.77. The maximum Gasteiger partial charge on any atom is 0.245 e. The van der Waals surface area contributed by atoms with Crippen molar-refractivity contribution >= 4 is 28.3 Å². The Hall–Kier alpha value is -1.43. The fourth-order valence-corrected chi connectivity index (χ4v) is 3.17. The number of carbonyl (C=O) groups is 2. The predicted octanol–water partition coefficient (Wildman–Crippen LogP) is 4.63. The van der Waals surface area contributed by atoms with Crippen LogP contribution in [0.3, 0.4) is 0 Å². The number of unbranched alkanes of at least 4 members (excludes halogenated alkanes) is 4. The van der Waals surface area contributed by atoms with Crippen LogP contribution in [0.25, 0.3) is 0 Å². The van der Waals surface area contributed by atoms with E-state index in [2.05, 4.69) is 31.1 Å². The molecule has 0 aromatic carbocycles. The van der Waals surface area contributed by atoms with Crippen LogP contribution in [0.15, 0.2) is 6.20 Å². The number of anilines is 1. The Labute approximate surface area is 156 Å². The molecule has 0 fully saturated rings. The fourth-order valence-electron chi connectivity index (χ4n) is 2.49. The number of nitrogens with zero attached hydrogens (tertiary/aromatic N) is 2. The van der Waals surface area contributed by atoms with Crippen molar-refractivity contribution in [2.24, 2.45) is 5.92 Å². The Balaban J connectivity index is 2.49. The third-order valence-corrected chi connectivity index (χ3v) is 4.85. The van der Waals surface area contributed by atoms with Crippen molar-refractivity contribution < 1.29 is 9.59 Å². The highest BCUT2D eigenvalue weighted by Crippen LogP contribution is 2.16. The molecular formula is C19H33N3O2S. The molecule has 0 saturated heterocycles. The van der Waals surface area contributed by atoms with Gasteiger partial charge in [-0.25, -0.2) is 4.98 Å². The van der Waals surface area contributed by atoms with E-state index in [9.17, 15) is 9.59 Å². The zero-order chi connectivity index (χ0) is 18.7. The van der Waals surface area contributed by atoms with Crippen LogP contribution in [0.1, 0.15) is 70.6 Å². The lowest BCUT2D eigenvalue weighted by atomic mass is 10.1. The summed E-state index contributed by atoms with van der Waals surface area (Å²) >= 11 is 1.44. The Morgan fingerprint density at radius 1 is 1.24 bits per heavy atom. The smallest absolute Gasteiger partial charge is 0.245 e. The van der Waals surface area contributed by atoms with Crippen molar-refractivity contribution in [3.63, 3.8) is 0 Å². The molecule has 1 rings (SSSR count). The van der Waals surface area contributed by atoms with Crippen molar-refractivity contribution in [1.29, 1.82) is 0 Å². The van der Waals surface area contributed by atoms with E-state index in [0.29, 0.717) is 24.0 Å². The predicted molar refractivity (Wildman–Crippen MR) is 105 cm³/mol. The van der Waals surface area contributed by atoms with Crippen molar-refractivity contribution in [3.05, 3.63) is 11.1 Å². The number of aromatic nitrogens is 1. The van der Waals surface area contributed by atoms with E-state index in [1.165, 1.54) is 30.6 Å². The second kappa shape index (κ2) is 12.0. The molecule has 0 bridgehead atoms. The lowest BCUT2D eigenvalue weighted by Crippen LogP contribution is -2.39. The SMILES string of the molecule is CCCCCCCC(=O)N(CCC(C)C)CC(=O)Nc1ncc(C)s1. The highest BCUT2D eigenvalue weighted by Gasteiger charge is 2.18. The molecule has 0 saturated carbocycles. The first kappa shape index (κ1) is 21.6. The number of hydrogen-bond acceptors (Lipinski definition) is 4. The van der Waals surface area contributed by atoms with Crippen molar-refractivity contribution in [3.8, 4) is 0 Å². The van der Waals surface area contributed by atoms with E-state index >= 15 is 0 Å². The van der Waals surface area contributed by atoms with Crippen molar-refractivity contribution in [1.82, 2.24) is 9.88 Å². The molecule has 2 amide bonds. The van der Waals surface area contributed by atoms with Gasteiger partial charge in [0.15, 0.2) is 5.13 Å². The van der Waals surface area contributed by atoms with Crippen LogP contribution in [-0.2, 0) is 9.59 Å². The molecule has 1 aromatic rings. The minimum atomic E-state index is -0.169. The largest absolute Gasteiger partial charge is 0.333 e. The number of amides is 2. The first-order valence-corrected chi connectivity index (χ1v) is 10.2. The van der Waals surface area contributed by atoms with Gasteiger partial charge in [-0.15, -0.1) is 11.3 Å². The van der Waals surface area contributed by atoms with Gasteiger partial charge in [0, 0.05) is 24.0 Å². The Kier molecular flexibility index (Phi) is 10.4. The Morgan fingerprint density at radius 3 is 2.56 bits per heavy atom. The van der Waals surface area contributed by atoms with E-state index in [4.69, 9.17) is 0 Å². The average molecular weight is 368 g/mol. The lowest BCUT2D eigenvalue weighted by Gasteiger charge is -2.23. The van der Waals surface area contributed by atoms with Gasteiger partial charge in [0.25, 0.3) is 0 Å². The van der Waals surface area contributed by atoms with Gasteiger partial charge in [0.2, 0.25) is 11.8 Å². The van der Waals surface area contributed by atoms with Gasteiger partial charge >= 0.3 is 0 Å². The van der Waals surface area contributed by atoms with Crippen LogP contribution in [0.5, 0.6) is 0 Å². The standard InChI is InChI=1S/C19H33N3O2S/c1-5-6-7-8-9-10-18(24)22(12-11-15(2)3)14-17(23)21-19-20-13-16(4)25-19/h13,15H,5-12,14H2,1-4H3,(H,20,21,23). The third kappa shape index (κ3) is 9.58. The molecule has 6 heteroatoms. The van der Waals surface area contributed by atoms with E-state index in [-0.39, 0.29) is 18.4 Å². The molecule has 5 nitrogen and oxygen atoms in total. The zero-order valence-electron chi connectivity index (χ0n) is 16.1. The molecule has 1 aromatic heterocycles. The van der Waals surface area contributed by atoms with Gasteiger partial charge in [0.05, 0.1) is 6.54 Å². The minimum Gasteiger partial charge on any atom is -0.333 e. The highest BCUT2D eigenvalue weighted by molar-refractivity contribution is 7.15. The molecule has 1 N–H and O–H groups in total. The summed E-state index contributed by atoms with van der Waals surface area (Å²) in [5, 5.41) is 3.39. The second-order valence-corrected chi connectivity index (χ2v) is 8.22. The number of carbonyl (C=O) groups excluding carboxylic acids is 2. The molecule has 0 aliphatic heterocycles. The summed E-state index contributed by atoms with van der Waals surface area (Å²) in [7, 11) is 0. The van der Waals surface area contributed by atoms with Gasteiger partial charge in [-0.1, -0.05) is 46.5 Å².